The standard InChI is InChI=1S/C20H22N2O4/c1-12(13(2)23)22-16-9-7-6-8-15(16)21-20(22)14-10-17(24-3)19(26-5)18(11-14)25-4/h6-12H,1-5H3. The van der Waals surface area contributed by atoms with Gasteiger partial charge in [0.05, 0.1) is 38.4 Å². The first kappa shape index (κ1) is 17.8. The second-order valence-corrected chi connectivity index (χ2v) is 5.99. The number of hydrogen-bond acceptors (Lipinski definition) is 5. The molecule has 3 aromatic rings. The quantitative estimate of drug-likeness (QED) is 0.672. The molecule has 3 rings (SSSR count). The van der Waals surface area contributed by atoms with Crippen molar-refractivity contribution in [1.82, 2.24) is 9.55 Å². The van der Waals surface area contributed by atoms with Crippen molar-refractivity contribution in [2.45, 2.75) is 19.9 Å². The highest BCUT2D eigenvalue weighted by Crippen LogP contribution is 2.42. The highest BCUT2D eigenvalue weighted by Gasteiger charge is 2.22. The van der Waals surface area contributed by atoms with Crippen molar-refractivity contribution < 1.29 is 19.0 Å². The molecular formula is C20H22N2O4. The number of aromatic nitrogens is 2. The van der Waals surface area contributed by atoms with Gasteiger partial charge in [0.1, 0.15) is 5.82 Å². The van der Waals surface area contributed by atoms with Crippen LogP contribution >= 0.6 is 0 Å². The van der Waals surface area contributed by atoms with Crippen LogP contribution < -0.4 is 14.2 Å². The molecule has 0 amide bonds. The summed E-state index contributed by atoms with van der Waals surface area (Å²) in [5, 5.41) is 0. The molecule has 0 bridgehead atoms. The van der Waals surface area contributed by atoms with Gasteiger partial charge in [-0.25, -0.2) is 4.98 Å². The molecule has 1 aromatic heterocycles. The topological polar surface area (TPSA) is 62.6 Å². The minimum Gasteiger partial charge on any atom is -0.493 e. The van der Waals surface area contributed by atoms with E-state index in [4.69, 9.17) is 19.2 Å². The zero-order chi connectivity index (χ0) is 18.8. The van der Waals surface area contributed by atoms with Crippen molar-refractivity contribution in [1.29, 1.82) is 0 Å². The van der Waals surface area contributed by atoms with Crippen LogP contribution in [0.4, 0.5) is 0 Å². The summed E-state index contributed by atoms with van der Waals surface area (Å²) in [6, 6.07) is 11.1. The van der Waals surface area contributed by atoms with E-state index >= 15 is 0 Å². The number of benzene rings is 2. The number of ketones is 1. The molecule has 0 aliphatic heterocycles. The molecule has 0 N–H and O–H groups in total. The van der Waals surface area contributed by atoms with E-state index in [0.29, 0.717) is 23.1 Å². The van der Waals surface area contributed by atoms with Crippen LogP contribution in [0.3, 0.4) is 0 Å². The van der Waals surface area contributed by atoms with E-state index in [2.05, 4.69) is 0 Å². The Morgan fingerprint density at radius 2 is 1.65 bits per heavy atom. The fourth-order valence-corrected chi connectivity index (χ4v) is 3.03. The SMILES string of the molecule is COc1cc(-c2nc3ccccc3n2C(C)C(C)=O)cc(OC)c1OC. The molecule has 1 unspecified atom stereocenters. The van der Waals surface area contributed by atoms with Crippen molar-refractivity contribution in [3.63, 3.8) is 0 Å². The van der Waals surface area contributed by atoms with E-state index in [-0.39, 0.29) is 11.8 Å². The highest BCUT2D eigenvalue weighted by atomic mass is 16.5. The largest absolute Gasteiger partial charge is 0.493 e. The minimum absolute atomic E-state index is 0.0573. The molecular weight excluding hydrogens is 332 g/mol. The van der Waals surface area contributed by atoms with Gasteiger partial charge in [0.15, 0.2) is 17.3 Å². The average molecular weight is 354 g/mol. The zero-order valence-electron chi connectivity index (χ0n) is 15.6. The number of hydrogen-bond donors (Lipinski definition) is 0. The van der Waals surface area contributed by atoms with Gasteiger partial charge in [-0.2, -0.15) is 0 Å². The first-order valence-electron chi connectivity index (χ1n) is 8.29. The number of Topliss-reactive ketones (excluding diaryl/α,β-unsaturated/α-hetero) is 1. The fraction of sp³-hybridized carbons (Fsp3) is 0.300. The fourth-order valence-electron chi connectivity index (χ4n) is 3.03. The number of carbonyl (C=O) groups is 1. The lowest BCUT2D eigenvalue weighted by atomic mass is 10.1. The maximum absolute atomic E-state index is 12.1. The lowest BCUT2D eigenvalue weighted by Gasteiger charge is -2.17. The van der Waals surface area contributed by atoms with Gasteiger partial charge in [0, 0.05) is 5.56 Å². The summed E-state index contributed by atoms with van der Waals surface area (Å²) in [5.74, 6) is 2.32. The van der Waals surface area contributed by atoms with Gasteiger partial charge in [-0.15, -0.1) is 0 Å². The van der Waals surface area contributed by atoms with Crippen molar-refractivity contribution >= 4 is 16.8 Å². The molecule has 6 heteroatoms. The summed E-state index contributed by atoms with van der Waals surface area (Å²) in [5.41, 5.74) is 2.51. The molecule has 0 aliphatic rings. The van der Waals surface area contributed by atoms with E-state index in [9.17, 15) is 4.79 Å². The summed E-state index contributed by atoms with van der Waals surface area (Å²) >= 11 is 0. The van der Waals surface area contributed by atoms with Crippen LogP contribution in [-0.4, -0.2) is 36.7 Å². The third-order valence-electron chi connectivity index (χ3n) is 4.49. The van der Waals surface area contributed by atoms with E-state index in [1.54, 1.807) is 28.3 Å². The third-order valence-corrected chi connectivity index (χ3v) is 4.49. The smallest absolute Gasteiger partial charge is 0.203 e. The van der Waals surface area contributed by atoms with E-state index < -0.39 is 0 Å². The predicted molar refractivity (Wildman–Crippen MR) is 100 cm³/mol. The molecule has 136 valence electrons. The molecule has 0 radical (unpaired) electrons. The van der Waals surface area contributed by atoms with Gasteiger partial charge in [-0.05, 0) is 38.1 Å². The highest BCUT2D eigenvalue weighted by molar-refractivity contribution is 5.87. The van der Waals surface area contributed by atoms with Crippen LogP contribution in [0.1, 0.15) is 19.9 Å². The molecule has 0 saturated heterocycles. The molecule has 26 heavy (non-hydrogen) atoms. The summed E-state index contributed by atoms with van der Waals surface area (Å²) in [4.78, 5) is 16.8. The Morgan fingerprint density at radius 3 is 2.19 bits per heavy atom. The summed E-state index contributed by atoms with van der Waals surface area (Å²) < 4.78 is 18.2. The maximum atomic E-state index is 12.1. The molecule has 6 nitrogen and oxygen atoms in total. The second-order valence-electron chi connectivity index (χ2n) is 5.99. The Kier molecular flexibility index (Phi) is 4.84. The number of nitrogens with zero attached hydrogens (tertiary/aromatic N) is 2. The molecule has 1 heterocycles. The number of rotatable bonds is 6. The van der Waals surface area contributed by atoms with Gasteiger partial charge in [0.25, 0.3) is 0 Å². The minimum atomic E-state index is -0.350. The van der Waals surface area contributed by atoms with E-state index in [0.717, 1.165) is 16.6 Å². The zero-order valence-corrected chi connectivity index (χ0v) is 15.6. The molecule has 0 saturated carbocycles. The van der Waals surface area contributed by atoms with Gasteiger partial charge >= 0.3 is 0 Å². The van der Waals surface area contributed by atoms with Crippen LogP contribution in [0.25, 0.3) is 22.4 Å². The van der Waals surface area contributed by atoms with Crippen molar-refractivity contribution in [3.05, 3.63) is 36.4 Å². The Morgan fingerprint density at radius 1 is 1.04 bits per heavy atom. The van der Waals surface area contributed by atoms with Crippen LogP contribution in [0.15, 0.2) is 36.4 Å². The third kappa shape index (κ3) is 2.87. The molecule has 1 atom stereocenters. The molecule has 0 spiro atoms. The number of carbonyl (C=O) groups excluding carboxylic acids is 1. The monoisotopic (exact) mass is 354 g/mol. The Bertz CT molecular complexity index is 937. The van der Waals surface area contributed by atoms with Crippen molar-refractivity contribution in [2.75, 3.05) is 21.3 Å². The summed E-state index contributed by atoms with van der Waals surface area (Å²) in [6.07, 6.45) is 0. The van der Waals surface area contributed by atoms with Gasteiger partial charge in [-0.1, -0.05) is 12.1 Å². The summed E-state index contributed by atoms with van der Waals surface area (Å²) in [7, 11) is 4.71. The number of ether oxygens (including phenoxy) is 3. The lowest BCUT2D eigenvalue weighted by molar-refractivity contribution is -0.119. The van der Waals surface area contributed by atoms with Crippen molar-refractivity contribution in [2.24, 2.45) is 0 Å². The normalized spacial score (nSPS) is 12.0. The van der Waals surface area contributed by atoms with E-state index in [1.807, 2.05) is 47.9 Å². The number of methoxy groups -OCH3 is 3. The Balaban J connectivity index is 2.32. The molecule has 2 aromatic carbocycles. The maximum Gasteiger partial charge on any atom is 0.203 e. The van der Waals surface area contributed by atoms with E-state index in [1.165, 1.54) is 0 Å². The first-order valence-corrected chi connectivity index (χ1v) is 8.29. The molecule has 0 aliphatic carbocycles. The van der Waals surface area contributed by atoms with Gasteiger partial charge in [0.2, 0.25) is 5.75 Å². The van der Waals surface area contributed by atoms with Crippen LogP contribution in [0, 0.1) is 0 Å². The Hall–Kier alpha value is -3.02. The lowest BCUT2D eigenvalue weighted by Crippen LogP contribution is -2.14. The van der Waals surface area contributed by atoms with Crippen molar-refractivity contribution in [3.8, 4) is 28.6 Å². The number of imidazole rings is 1. The molecule has 0 fully saturated rings. The van der Waals surface area contributed by atoms with Gasteiger partial charge < -0.3 is 18.8 Å². The van der Waals surface area contributed by atoms with Crippen LogP contribution in [0.2, 0.25) is 0 Å². The van der Waals surface area contributed by atoms with Gasteiger partial charge in [-0.3, -0.25) is 4.79 Å². The van der Waals surface area contributed by atoms with Crippen LogP contribution in [-0.2, 0) is 4.79 Å². The Labute approximate surface area is 152 Å². The first-order chi connectivity index (χ1) is 12.5. The number of fused-ring (bicyclic) bond motifs is 1. The number of para-hydroxylation sites is 2. The second kappa shape index (κ2) is 7.07. The van der Waals surface area contributed by atoms with Crippen LogP contribution in [0.5, 0.6) is 17.2 Å². The summed E-state index contributed by atoms with van der Waals surface area (Å²) in [6.45, 7) is 3.45. The average Bonchev–Trinajstić information content (AvgIpc) is 3.05. The predicted octanol–water partition coefficient (Wildman–Crippen LogP) is 3.88.